The predicted octanol–water partition coefficient (Wildman–Crippen LogP) is 2.50. The van der Waals surface area contributed by atoms with Crippen LogP contribution in [0.5, 0.6) is 0 Å². The summed E-state index contributed by atoms with van der Waals surface area (Å²) in [7, 11) is 0. The van der Waals surface area contributed by atoms with Gasteiger partial charge in [-0.15, -0.1) is 0 Å². The first-order valence-electron chi connectivity index (χ1n) is 8.08. The van der Waals surface area contributed by atoms with Gasteiger partial charge in [0.15, 0.2) is 0 Å². The zero-order valence-corrected chi connectivity index (χ0v) is 13.3. The fraction of sp³-hybridized carbons (Fsp3) is 0.368. The summed E-state index contributed by atoms with van der Waals surface area (Å²) in [6, 6.07) is 13.8. The first kappa shape index (κ1) is 15.7. The third kappa shape index (κ3) is 3.77. The SMILES string of the molecule is Cc1ncccc1C(=O)N[C@H](Cc1ccccc1)C1CC(O)C1. The molecule has 4 heteroatoms. The number of hydrogen-bond acceptors (Lipinski definition) is 3. The molecule has 1 heterocycles. The number of carbonyl (C=O) groups is 1. The molecular formula is C19H22N2O2. The number of nitrogens with zero attached hydrogens (tertiary/aromatic N) is 1. The molecule has 120 valence electrons. The highest BCUT2D eigenvalue weighted by molar-refractivity contribution is 5.95. The molecule has 1 aliphatic rings. The Bertz CT molecular complexity index is 666. The van der Waals surface area contributed by atoms with Gasteiger partial charge >= 0.3 is 0 Å². The lowest BCUT2D eigenvalue weighted by Crippen LogP contribution is -2.48. The summed E-state index contributed by atoms with van der Waals surface area (Å²) in [5.41, 5.74) is 2.55. The number of benzene rings is 1. The second kappa shape index (κ2) is 6.92. The van der Waals surface area contributed by atoms with E-state index in [0.717, 1.165) is 25.0 Å². The molecule has 23 heavy (non-hydrogen) atoms. The first-order chi connectivity index (χ1) is 11.1. The number of hydrogen-bond donors (Lipinski definition) is 2. The maximum absolute atomic E-state index is 12.6. The number of aryl methyl sites for hydroxylation is 1. The van der Waals surface area contributed by atoms with Gasteiger partial charge in [0.25, 0.3) is 5.91 Å². The average molecular weight is 310 g/mol. The quantitative estimate of drug-likeness (QED) is 0.892. The van der Waals surface area contributed by atoms with Crippen molar-refractivity contribution < 1.29 is 9.90 Å². The molecule has 1 fully saturated rings. The zero-order chi connectivity index (χ0) is 16.2. The monoisotopic (exact) mass is 310 g/mol. The van der Waals surface area contributed by atoms with Crippen molar-refractivity contribution in [3.8, 4) is 0 Å². The van der Waals surface area contributed by atoms with Crippen molar-refractivity contribution >= 4 is 5.91 Å². The number of pyridine rings is 1. The molecule has 1 aromatic carbocycles. The highest BCUT2D eigenvalue weighted by Gasteiger charge is 2.35. The summed E-state index contributed by atoms with van der Waals surface area (Å²) in [5, 5.41) is 12.8. The van der Waals surface area contributed by atoms with E-state index in [4.69, 9.17) is 0 Å². The Morgan fingerprint density at radius 2 is 2.00 bits per heavy atom. The summed E-state index contributed by atoms with van der Waals surface area (Å²) in [6.07, 6.45) is 3.75. The Morgan fingerprint density at radius 3 is 2.65 bits per heavy atom. The van der Waals surface area contributed by atoms with E-state index in [9.17, 15) is 9.90 Å². The normalized spacial score (nSPS) is 21.3. The van der Waals surface area contributed by atoms with Gasteiger partial charge < -0.3 is 10.4 Å². The molecule has 4 nitrogen and oxygen atoms in total. The molecule has 0 bridgehead atoms. The number of aliphatic hydroxyl groups is 1. The molecule has 0 radical (unpaired) electrons. The van der Waals surface area contributed by atoms with Crippen LogP contribution in [0.25, 0.3) is 0 Å². The van der Waals surface area contributed by atoms with Crippen LogP contribution < -0.4 is 5.32 Å². The Labute approximate surface area is 136 Å². The molecule has 1 amide bonds. The number of rotatable bonds is 5. The number of aliphatic hydroxyl groups excluding tert-OH is 1. The van der Waals surface area contributed by atoms with Gasteiger partial charge in [-0.3, -0.25) is 9.78 Å². The Balaban J connectivity index is 1.73. The van der Waals surface area contributed by atoms with Crippen molar-refractivity contribution in [2.75, 3.05) is 0 Å². The lowest BCUT2D eigenvalue weighted by molar-refractivity contribution is 0.0239. The number of nitrogens with one attached hydrogen (secondary N) is 1. The van der Waals surface area contributed by atoms with Gasteiger partial charge in [-0.2, -0.15) is 0 Å². The molecule has 0 unspecified atom stereocenters. The fourth-order valence-corrected chi connectivity index (χ4v) is 3.13. The maximum atomic E-state index is 12.6. The van der Waals surface area contributed by atoms with E-state index in [-0.39, 0.29) is 18.1 Å². The van der Waals surface area contributed by atoms with Gasteiger partial charge in [0, 0.05) is 17.9 Å². The Morgan fingerprint density at radius 1 is 1.26 bits per heavy atom. The van der Waals surface area contributed by atoms with Gasteiger partial charge in [0.1, 0.15) is 0 Å². The van der Waals surface area contributed by atoms with E-state index >= 15 is 0 Å². The van der Waals surface area contributed by atoms with Crippen molar-refractivity contribution in [2.24, 2.45) is 5.92 Å². The van der Waals surface area contributed by atoms with Crippen molar-refractivity contribution in [1.82, 2.24) is 10.3 Å². The van der Waals surface area contributed by atoms with E-state index in [1.165, 1.54) is 5.56 Å². The first-order valence-corrected chi connectivity index (χ1v) is 8.08. The summed E-state index contributed by atoms with van der Waals surface area (Å²) in [6.45, 7) is 1.84. The van der Waals surface area contributed by atoms with Crippen LogP contribution in [-0.4, -0.2) is 28.1 Å². The summed E-state index contributed by atoms with van der Waals surface area (Å²) in [4.78, 5) is 16.8. The van der Waals surface area contributed by atoms with Crippen LogP contribution in [0, 0.1) is 12.8 Å². The van der Waals surface area contributed by atoms with Crippen molar-refractivity contribution in [3.05, 3.63) is 65.5 Å². The molecular weight excluding hydrogens is 288 g/mol. The lowest BCUT2D eigenvalue weighted by atomic mass is 9.75. The topological polar surface area (TPSA) is 62.2 Å². The zero-order valence-electron chi connectivity index (χ0n) is 13.3. The molecule has 3 rings (SSSR count). The van der Waals surface area contributed by atoms with Crippen LogP contribution in [0.3, 0.4) is 0 Å². The molecule has 0 spiro atoms. The number of amides is 1. The van der Waals surface area contributed by atoms with Gasteiger partial charge in [0.2, 0.25) is 0 Å². The number of carbonyl (C=O) groups excluding carboxylic acids is 1. The van der Waals surface area contributed by atoms with Crippen LogP contribution in [0.1, 0.15) is 34.5 Å². The van der Waals surface area contributed by atoms with Crippen molar-refractivity contribution in [1.29, 1.82) is 0 Å². The third-order valence-electron chi connectivity index (χ3n) is 4.59. The second-order valence-electron chi connectivity index (χ2n) is 6.29. The van der Waals surface area contributed by atoms with Gasteiger partial charge in [0.05, 0.1) is 11.7 Å². The number of aromatic nitrogens is 1. The van der Waals surface area contributed by atoms with Crippen molar-refractivity contribution in [2.45, 2.75) is 38.3 Å². The molecule has 1 atom stereocenters. The van der Waals surface area contributed by atoms with E-state index in [0.29, 0.717) is 11.5 Å². The van der Waals surface area contributed by atoms with Crippen LogP contribution >= 0.6 is 0 Å². The van der Waals surface area contributed by atoms with E-state index in [1.807, 2.05) is 25.1 Å². The standard InChI is InChI=1S/C19H22N2O2/c1-13-17(8-5-9-20-13)19(23)21-18(15-11-16(22)12-15)10-14-6-3-2-4-7-14/h2-9,15-16,18,22H,10-12H2,1H3,(H,21,23)/t15?,16?,18-/m1/s1. The maximum Gasteiger partial charge on any atom is 0.253 e. The lowest BCUT2D eigenvalue weighted by Gasteiger charge is -2.38. The Kier molecular flexibility index (Phi) is 4.72. The van der Waals surface area contributed by atoms with E-state index in [1.54, 1.807) is 18.3 Å². The highest BCUT2D eigenvalue weighted by Crippen LogP contribution is 2.32. The molecule has 0 aliphatic heterocycles. The molecule has 2 N–H and O–H groups in total. The Hall–Kier alpha value is -2.20. The minimum atomic E-state index is -0.227. The molecule has 1 aliphatic carbocycles. The average Bonchev–Trinajstić information content (AvgIpc) is 2.52. The predicted molar refractivity (Wildman–Crippen MR) is 89.1 cm³/mol. The molecule has 1 saturated carbocycles. The largest absolute Gasteiger partial charge is 0.393 e. The van der Waals surface area contributed by atoms with Crippen LogP contribution in [0.2, 0.25) is 0 Å². The van der Waals surface area contributed by atoms with Gasteiger partial charge in [-0.1, -0.05) is 30.3 Å². The van der Waals surface area contributed by atoms with Gasteiger partial charge in [-0.25, -0.2) is 0 Å². The van der Waals surface area contributed by atoms with E-state index < -0.39 is 0 Å². The summed E-state index contributed by atoms with van der Waals surface area (Å²) < 4.78 is 0. The highest BCUT2D eigenvalue weighted by atomic mass is 16.3. The fourth-order valence-electron chi connectivity index (χ4n) is 3.13. The van der Waals surface area contributed by atoms with Crippen LogP contribution in [-0.2, 0) is 6.42 Å². The molecule has 1 aromatic heterocycles. The minimum Gasteiger partial charge on any atom is -0.393 e. The smallest absolute Gasteiger partial charge is 0.253 e. The second-order valence-corrected chi connectivity index (χ2v) is 6.29. The summed E-state index contributed by atoms with van der Waals surface area (Å²) in [5.74, 6) is 0.240. The summed E-state index contributed by atoms with van der Waals surface area (Å²) >= 11 is 0. The molecule has 2 aromatic rings. The van der Waals surface area contributed by atoms with E-state index in [2.05, 4.69) is 22.4 Å². The van der Waals surface area contributed by atoms with Gasteiger partial charge in [-0.05, 0) is 49.8 Å². The molecule has 0 saturated heterocycles. The minimum absolute atomic E-state index is 0.0351. The third-order valence-corrected chi connectivity index (χ3v) is 4.59. The van der Waals surface area contributed by atoms with Crippen molar-refractivity contribution in [3.63, 3.8) is 0 Å². The van der Waals surface area contributed by atoms with Crippen LogP contribution in [0.15, 0.2) is 48.7 Å². The van der Waals surface area contributed by atoms with Crippen LogP contribution in [0.4, 0.5) is 0 Å².